The molecule has 2 heterocycles. The van der Waals surface area contributed by atoms with Crippen LogP contribution in [0.25, 0.3) is 0 Å². The fourth-order valence-electron chi connectivity index (χ4n) is 2.74. The molecular weight excluding hydrogens is 360 g/mol. The fourth-order valence-corrected chi connectivity index (χ4v) is 3.82. The molecule has 26 heavy (non-hydrogen) atoms. The normalized spacial score (nSPS) is 16.3. The van der Waals surface area contributed by atoms with Crippen LogP contribution in [0.5, 0.6) is 11.5 Å². The standard InChI is InChI=1S/C17H16N2O6S/c20-17-19(7-8-25-17)13-3-1-12(2-4-13)18-26(21,22)14-5-6-15-16(11-14)24-10-9-23-15/h1-6,11,18H,7-10H2. The minimum Gasteiger partial charge on any atom is -0.486 e. The van der Waals surface area contributed by atoms with Crippen LogP contribution in [0, 0.1) is 0 Å². The highest BCUT2D eigenvalue weighted by molar-refractivity contribution is 7.92. The van der Waals surface area contributed by atoms with E-state index in [0.29, 0.717) is 49.2 Å². The zero-order valence-corrected chi connectivity index (χ0v) is 14.5. The van der Waals surface area contributed by atoms with Crippen molar-refractivity contribution in [2.75, 3.05) is 36.0 Å². The van der Waals surface area contributed by atoms with Gasteiger partial charge in [0.25, 0.3) is 10.0 Å². The molecule has 1 saturated heterocycles. The molecule has 0 aromatic heterocycles. The predicted octanol–water partition coefficient (Wildman–Crippen LogP) is 2.22. The molecule has 0 atom stereocenters. The monoisotopic (exact) mass is 376 g/mol. The number of carbonyl (C=O) groups is 1. The first kappa shape index (κ1) is 16.5. The highest BCUT2D eigenvalue weighted by Gasteiger charge is 2.24. The van der Waals surface area contributed by atoms with Gasteiger partial charge in [0.15, 0.2) is 11.5 Å². The van der Waals surface area contributed by atoms with Gasteiger partial charge < -0.3 is 14.2 Å². The summed E-state index contributed by atoms with van der Waals surface area (Å²) < 4.78 is 43.4. The van der Waals surface area contributed by atoms with Crippen LogP contribution in [-0.4, -0.2) is 40.9 Å². The van der Waals surface area contributed by atoms with E-state index >= 15 is 0 Å². The van der Waals surface area contributed by atoms with Crippen LogP contribution in [0.2, 0.25) is 0 Å². The average Bonchev–Trinajstić information content (AvgIpc) is 3.07. The fraction of sp³-hybridized carbons (Fsp3) is 0.235. The molecule has 1 amide bonds. The van der Waals surface area contributed by atoms with E-state index in [2.05, 4.69) is 4.72 Å². The molecule has 0 aliphatic carbocycles. The van der Waals surface area contributed by atoms with Crippen LogP contribution in [0.3, 0.4) is 0 Å². The van der Waals surface area contributed by atoms with Crippen LogP contribution < -0.4 is 19.1 Å². The van der Waals surface area contributed by atoms with E-state index in [4.69, 9.17) is 14.2 Å². The van der Waals surface area contributed by atoms with E-state index in [9.17, 15) is 13.2 Å². The van der Waals surface area contributed by atoms with Crippen LogP contribution >= 0.6 is 0 Å². The molecule has 0 radical (unpaired) electrons. The Kier molecular flexibility index (Phi) is 4.08. The van der Waals surface area contributed by atoms with Gasteiger partial charge in [-0.25, -0.2) is 13.2 Å². The number of fused-ring (bicyclic) bond motifs is 1. The van der Waals surface area contributed by atoms with Crippen molar-refractivity contribution < 1.29 is 27.4 Å². The Morgan fingerprint density at radius 1 is 0.885 bits per heavy atom. The number of carbonyl (C=O) groups excluding carboxylic acids is 1. The Bertz CT molecular complexity index is 942. The van der Waals surface area contributed by atoms with Crippen LogP contribution in [0.1, 0.15) is 0 Å². The van der Waals surface area contributed by atoms with Gasteiger partial charge in [0.1, 0.15) is 19.8 Å². The highest BCUT2D eigenvalue weighted by Crippen LogP contribution is 2.33. The lowest BCUT2D eigenvalue weighted by molar-refractivity contribution is 0.171. The van der Waals surface area contributed by atoms with Gasteiger partial charge in [0.2, 0.25) is 0 Å². The zero-order chi connectivity index (χ0) is 18.1. The van der Waals surface area contributed by atoms with Crippen molar-refractivity contribution in [3.05, 3.63) is 42.5 Å². The number of amides is 1. The highest BCUT2D eigenvalue weighted by atomic mass is 32.2. The van der Waals surface area contributed by atoms with Crippen molar-refractivity contribution in [2.24, 2.45) is 0 Å². The number of ether oxygens (including phenoxy) is 3. The van der Waals surface area contributed by atoms with Gasteiger partial charge in [-0.15, -0.1) is 0 Å². The van der Waals surface area contributed by atoms with Crippen LogP contribution in [-0.2, 0) is 14.8 Å². The molecule has 2 aliphatic rings. The summed E-state index contributed by atoms with van der Waals surface area (Å²) in [5.41, 5.74) is 1.03. The van der Waals surface area contributed by atoms with Gasteiger partial charge in [0, 0.05) is 17.4 Å². The van der Waals surface area contributed by atoms with E-state index in [1.807, 2.05) is 0 Å². The van der Waals surface area contributed by atoms with E-state index in [0.717, 1.165) is 0 Å². The first-order valence-electron chi connectivity index (χ1n) is 8.00. The van der Waals surface area contributed by atoms with E-state index in [1.165, 1.54) is 17.0 Å². The van der Waals surface area contributed by atoms with Crippen LogP contribution in [0.15, 0.2) is 47.4 Å². The topological polar surface area (TPSA) is 94.2 Å². The summed E-state index contributed by atoms with van der Waals surface area (Å²) in [4.78, 5) is 13.1. The molecule has 0 spiro atoms. The summed E-state index contributed by atoms with van der Waals surface area (Å²) in [6, 6.07) is 11.0. The maximum atomic E-state index is 12.6. The Balaban J connectivity index is 1.53. The molecule has 2 aliphatic heterocycles. The quantitative estimate of drug-likeness (QED) is 0.879. The van der Waals surface area contributed by atoms with E-state index < -0.39 is 16.1 Å². The van der Waals surface area contributed by atoms with Crippen molar-refractivity contribution in [3.63, 3.8) is 0 Å². The van der Waals surface area contributed by atoms with Crippen molar-refractivity contribution in [1.29, 1.82) is 0 Å². The van der Waals surface area contributed by atoms with Crippen molar-refractivity contribution >= 4 is 27.5 Å². The van der Waals surface area contributed by atoms with Gasteiger partial charge in [-0.3, -0.25) is 9.62 Å². The van der Waals surface area contributed by atoms with Gasteiger partial charge >= 0.3 is 6.09 Å². The third kappa shape index (κ3) is 3.13. The van der Waals surface area contributed by atoms with Gasteiger partial charge in [-0.05, 0) is 36.4 Å². The summed E-state index contributed by atoms with van der Waals surface area (Å²) in [5, 5.41) is 0. The summed E-state index contributed by atoms with van der Waals surface area (Å²) >= 11 is 0. The van der Waals surface area contributed by atoms with Crippen molar-refractivity contribution in [1.82, 2.24) is 0 Å². The number of rotatable bonds is 4. The maximum Gasteiger partial charge on any atom is 0.414 e. The summed E-state index contributed by atoms with van der Waals surface area (Å²) in [6.45, 7) is 1.64. The number of anilines is 2. The lowest BCUT2D eigenvalue weighted by Crippen LogP contribution is -2.23. The largest absolute Gasteiger partial charge is 0.486 e. The molecule has 8 nitrogen and oxygen atoms in total. The lowest BCUT2D eigenvalue weighted by atomic mass is 10.2. The SMILES string of the molecule is O=C1OCCN1c1ccc(NS(=O)(=O)c2ccc3c(c2)OCCO3)cc1. The minimum atomic E-state index is -3.78. The minimum absolute atomic E-state index is 0.0777. The number of hydrogen-bond donors (Lipinski definition) is 1. The van der Waals surface area contributed by atoms with Crippen molar-refractivity contribution in [2.45, 2.75) is 4.90 Å². The molecule has 2 aromatic carbocycles. The van der Waals surface area contributed by atoms with E-state index in [-0.39, 0.29) is 4.90 Å². The molecule has 4 rings (SSSR count). The second-order valence-electron chi connectivity index (χ2n) is 5.72. The molecule has 0 bridgehead atoms. The van der Waals surface area contributed by atoms with Gasteiger partial charge in [0.05, 0.1) is 11.4 Å². The molecule has 2 aromatic rings. The van der Waals surface area contributed by atoms with Crippen molar-refractivity contribution in [3.8, 4) is 11.5 Å². The average molecular weight is 376 g/mol. The number of hydrogen-bond acceptors (Lipinski definition) is 6. The third-order valence-electron chi connectivity index (χ3n) is 4.02. The van der Waals surface area contributed by atoms with Crippen LogP contribution in [0.4, 0.5) is 16.2 Å². The maximum absolute atomic E-state index is 12.6. The molecule has 1 N–H and O–H groups in total. The van der Waals surface area contributed by atoms with Gasteiger partial charge in [-0.2, -0.15) is 0 Å². The Morgan fingerprint density at radius 2 is 1.62 bits per heavy atom. The number of nitrogens with zero attached hydrogens (tertiary/aromatic N) is 1. The predicted molar refractivity (Wildman–Crippen MR) is 93.4 cm³/mol. The number of cyclic esters (lactones) is 1. The molecule has 136 valence electrons. The smallest absolute Gasteiger partial charge is 0.414 e. The molecule has 1 fully saturated rings. The molecule has 9 heteroatoms. The molecule has 0 unspecified atom stereocenters. The summed E-state index contributed by atoms with van der Waals surface area (Å²) in [5.74, 6) is 0.930. The second kappa shape index (κ2) is 6.41. The zero-order valence-electron chi connectivity index (χ0n) is 13.7. The second-order valence-corrected chi connectivity index (χ2v) is 7.41. The Hall–Kier alpha value is -2.94. The first-order valence-corrected chi connectivity index (χ1v) is 9.48. The number of benzene rings is 2. The lowest BCUT2D eigenvalue weighted by Gasteiger charge is -2.19. The van der Waals surface area contributed by atoms with Gasteiger partial charge in [-0.1, -0.05) is 0 Å². The molecule has 0 saturated carbocycles. The first-order chi connectivity index (χ1) is 12.5. The summed E-state index contributed by atoms with van der Waals surface area (Å²) in [6.07, 6.45) is -0.408. The molecular formula is C17H16N2O6S. The Labute approximate surface area is 150 Å². The van der Waals surface area contributed by atoms with E-state index in [1.54, 1.807) is 30.3 Å². The number of nitrogens with one attached hydrogen (secondary N) is 1. The summed E-state index contributed by atoms with van der Waals surface area (Å²) in [7, 11) is -3.78. The Morgan fingerprint density at radius 3 is 2.31 bits per heavy atom. The third-order valence-corrected chi connectivity index (χ3v) is 5.39. The number of sulfonamides is 1.